The fourth-order valence-corrected chi connectivity index (χ4v) is 8.70. The predicted octanol–water partition coefficient (Wildman–Crippen LogP) is 5.59. The zero-order chi connectivity index (χ0) is 22.6. The molecular weight excluding hydrogens is 384 g/mol. The van der Waals surface area contributed by atoms with Crippen molar-refractivity contribution in [3.05, 3.63) is 34.9 Å². The summed E-state index contributed by atoms with van der Waals surface area (Å²) in [7, 11) is 0. The Morgan fingerprint density at radius 3 is 2.39 bits per heavy atom. The third kappa shape index (κ3) is 2.50. The summed E-state index contributed by atoms with van der Waals surface area (Å²) < 4.78 is 0. The van der Waals surface area contributed by atoms with Crippen molar-refractivity contribution in [2.24, 2.45) is 39.4 Å². The van der Waals surface area contributed by atoms with Crippen molar-refractivity contribution >= 4 is 11.6 Å². The largest absolute Gasteiger partial charge is 0.393 e. The van der Waals surface area contributed by atoms with Crippen LogP contribution in [0.5, 0.6) is 0 Å². The second-order valence-electron chi connectivity index (χ2n) is 12.5. The van der Waals surface area contributed by atoms with Crippen molar-refractivity contribution in [2.75, 3.05) is 0 Å². The maximum Gasteiger partial charge on any atom is 0.222 e. The van der Waals surface area contributed by atoms with E-state index in [2.05, 4.69) is 46.8 Å². The van der Waals surface area contributed by atoms with Crippen molar-refractivity contribution in [3.8, 4) is 0 Å². The molecule has 8 atom stereocenters. The molecule has 0 aromatic carbocycles. The van der Waals surface area contributed by atoms with Crippen molar-refractivity contribution in [1.82, 2.24) is 0 Å². The van der Waals surface area contributed by atoms with E-state index in [0.717, 1.165) is 49.7 Å². The van der Waals surface area contributed by atoms with Gasteiger partial charge in [-0.3, -0.25) is 9.59 Å². The van der Waals surface area contributed by atoms with E-state index in [-0.39, 0.29) is 45.2 Å². The molecule has 8 unspecified atom stereocenters. The molecule has 31 heavy (non-hydrogen) atoms. The number of carbonyl (C=O) groups is 2. The first-order chi connectivity index (χ1) is 14.4. The number of hydrogen-bond acceptors (Lipinski definition) is 3. The molecule has 3 heteroatoms. The first-order valence-corrected chi connectivity index (χ1v) is 12.3. The van der Waals surface area contributed by atoms with Crippen LogP contribution in [-0.4, -0.2) is 22.8 Å². The molecule has 5 rings (SSSR count). The molecule has 3 saturated carbocycles. The van der Waals surface area contributed by atoms with Gasteiger partial charge in [-0.25, -0.2) is 0 Å². The van der Waals surface area contributed by atoms with Crippen LogP contribution in [0.15, 0.2) is 34.9 Å². The molecule has 5 aliphatic rings. The Morgan fingerprint density at radius 2 is 1.68 bits per heavy atom. The Balaban J connectivity index is 1.64. The summed E-state index contributed by atoms with van der Waals surface area (Å²) in [6, 6.07) is 0. The van der Waals surface area contributed by atoms with Crippen LogP contribution in [-0.2, 0) is 9.59 Å². The number of fused-ring (bicyclic) bond motifs is 7. The minimum Gasteiger partial charge on any atom is -0.393 e. The number of allylic oxidation sites excluding steroid dienone is 6. The highest BCUT2D eigenvalue weighted by Gasteiger charge is 2.66. The first kappa shape index (κ1) is 21.4. The van der Waals surface area contributed by atoms with Gasteiger partial charge in [0, 0.05) is 11.3 Å². The van der Waals surface area contributed by atoms with Crippen molar-refractivity contribution in [1.29, 1.82) is 0 Å². The molecule has 0 aliphatic heterocycles. The highest BCUT2D eigenvalue weighted by Crippen LogP contribution is 2.74. The van der Waals surface area contributed by atoms with Gasteiger partial charge in [0.05, 0.1) is 6.10 Å². The molecule has 5 aliphatic carbocycles. The molecule has 0 bridgehead atoms. The van der Waals surface area contributed by atoms with Gasteiger partial charge in [-0.1, -0.05) is 59.3 Å². The lowest BCUT2D eigenvalue weighted by atomic mass is 9.35. The summed E-state index contributed by atoms with van der Waals surface area (Å²) in [6.45, 7) is 13.8. The lowest BCUT2D eigenvalue weighted by molar-refractivity contribution is -0.169. The average molecular weight is 423 g/mol. The van der Waals surface area contributed by atoms with Gasteiger partial charge >= 0.3 is 0 Å². The Morgan fingerprint density at radius 1 is 0.968 bits per heavy atom. The standard InChI is InChI=1S/C28H38O3/c1-16-13-23-25(3,15-21(16)30)9-11-27(5)22-8-7-18-17(2)24(31)20(29)14-19(18)26(22,4)10-12-28(23,27)6/h7-8,14,16-17,21,23,30H,9-13,15H2,1-6H3. The molecule has 0 radical (unpaired) electrons. The molecular formula is C28H38O3. The summed E-state index contributed by atoms with van der Waals surface area (Å²) in [5.41, 5.74) is 3.89. The number of aliphatic hydroxyl groups excluding tert-OH is 1. The van der Waals surface area contributed by atoms with E-state index in [4.69, 9.17) is 0 Å². The first-order valence-electron chi connectivity index (χ1n) is 12.3. The highest BCUT2D eigenvalue weighted by atomic mass is 16.3. The van der Waals surface area contributed by atoms with Crippen LogP contribution in [0.1, 0.15) is 80.1 Å². The quantitative estimate of drug-likeness (QED) is 0.518. The fourth-order valence-electron chi connectivity index (χ4n) is 8.70. The van der Waals surface area contributed by atoms with Gasteiger partial charge in [0.2, 0.25) is 11.6 Å². The number of carbonyl (C=O) groups excluding carboxylic acids is 2. The zero-order valence-electron chi connectivity index (χ0n) is 20.0. The molecule has 0 spiro atoms. The van der Waals surface area contributed by atoms with Gasteiger partial charge in [0.1, 0.15) is 0 Å². The van der Waals surface area contributed by atoms with Crippen LogP contribution in [0, 0.1) is 39.4 Å². The summed E-state index contributed by atoms with van der Waals surface area (Å²) in [4.78, 5) is 24.9. The van der Waals surface area contributed by atoms with Crippen LogP contribution in [0.3, 0.4) is 0 Å². The topological polar surface area (TPSA) is 54.4 Å². The van der Waals surface area contributed by atoms with Gasteiger partial charge in [0.15, 0.2) is 0 Å². The van der Waals surface area contributed by atoms with E-state index in [0.29, 0.717) is 11.8 Å². The highest BCUT2D eigenvalue weighted by molar-refractivity contribution is 6.44. The monoisotopic (exact) mass is 422 g/mol. The minimum absolute atomic E-state index is 0.0583. The van der Waals surface area contributed by atoms with Crippen molar-refractivity contribution in [3.63, 3.8) is 0 Å². The fraction of sp³-hybridized carbons (Fsp3) is 0.714. The van der Waals surface area contributed by atoms with E-state index in [1.807, 2.05) is 6.92 Å². The van der Waals surface area contributed by atoms with Gasteiger partial charge < -0.3 is 5.11 Å². The lowest BCUT2D eigenvalue weighted by Crippen LogP contribution is -2.62. The minimum atomic E-state index is -0.335. The Kier molecular flexibility index (Phi) is 4.35. The van der Waals surface area contributed by atoms with E-state index in [1.54, 1.807) is 6.08 Å². The number of aliphatic hydroxyl groups is 1. The van der Waals surface area contributed by atoms with E-state index >= 15 is 0 Å². The van der Waals surface area contributed by atoms with Gasteiger partial charge in [0.25, 0.3) is 0 Å². The maximum atomic E-state index is 12.5. The zero-order valence-corrected chi connectivity index (χ0v) is 20.0. The summed E-state index contributed by atoms with van der Waals surface area (Å²) in [5.74, 6) is 0.00867. The third-order valence-electron chi connectivity index (χ3n) is 11.1. The number of ketones is 2. The van der Waals surface area contributed by atoms with Gasteiger partial charge in [-0.15, -0.1) is 0 Å². The molecule has 168 valence electrons. The Hall–Kier alpha value is -1.48. The number of hydrogen-bond donors (Lipinski definition) is 1. The summed E-state index contributed by atoms with van der Waals surface area (Å²) in [5, 5.41) is 10.7. The molecule has 0 saturated heterocycles. The van der Waals surface area contributed by atoms with E-state index in [9.17, 15) is 14.7 Å². The predicted molar refractivity (Wildman–Crippen MR) is 122 cm³/mol. The van der Waals surface area contributed by atoms with Crippen LogP contribution in [0.2, 0.25) is 0 Å². The van der Waals surface area contributed by atoms with Crippen LogP contribution in [0.25, 0.3) is 0 Å². The second kappa shape index (κ2) is 6.31. The normalized spacial score (nSPS) is 51.5. The molecule has 3 nitrogen and oxygen atoms in total. The second-order valence-corrected chi connectivity index (χ2v) is 12.5. The van der Waals surface area contributed by atoms with Crippen molar-refractivity contribution in [2.45, 2.75) is 86.2 Å². The Labute approximate surface area is 187 Å². The summed E-state index contributed by atoms with van der Waals surface area (Å²) in [6.07, 6.45) is 12.4. The molecule has 0 amide bonds. The molecule has 3 fully saturated rings. The number of Topliss-reactive ketones (excluding diaryl/α,β-unsaturated/α-hetero) is 1. The van der Waals surface area contributed by atoms with Gasteiger partial charge in [-0.05, 0) is 83.8 Å². The van der Waals surface area contributed by atoms with Crippen LogP contribution < -0.4 is 0 Å². The Bertz CT molecular complexity index is 969. The SMILES string of the molecule is CC1C(=O)C(=O)C=C2C1=CC=C1C2(C)CCC2(C)C3CC(C)C(O)CC3(C)CCC12C. The smallest absolute Gasteiger partial charge is 0.222 e. The van der Waals surface area contributed by atoms with E-state index < -0.39 is 0 Å². The maximum absolute atomic E-state index is 12.5. The third-order valence-corrected chi connectivity index (χ3v) is 11.1. The van der Waals surface area contributed by atoms with E-state index in [1.165, 1.54) is 5.57 Å². The van der Waals surface area contributed by atoms with Gasteiger partial charge in [-0.2, -0.15) is 0 Å². The molecule has 0 aromatic heterocycles. The molecule has 0 heterocycles. The van der Waals surface area contributed by atoms with Crippen LogP contribution in [0.4, 0.5) is 0 Å². The molecule has 0 aromatic rings. The van der Waals surface area contributed by atoms with Crippen molar-refractivity contribution < 1.29 is 14.7 Å². The summed E-state index contributed by atoms with van der Waals surface area (Å²) >= 11 is 0. The van der Waals surface area contributed by atoms with Crippen LogP contribution >= 0.6 is 0 Å². The number of rotatable bonds is 0. The lowest BCUT2D eigenvalue weighted by Gasteiger charge is -2.69. The molecule has 1 N–H and O–H groups in total. The average Bonchev–Trinajstić information content (AvgIpc) is 2.71.